The van der Waals surface area contributed by atoms with Crippen LogP contribution < -0.4 is 5.73 Å². The van der Waals surface area contributed by atoms with E-state index in [4.69, 9.17) is 15.2 Å². The van der Waals surface area contributed by atoms with Gasteiger partial charge in [0.25, 0.3) is 0 Å². The molecule has 0 spiro atoms. The highest BCUT2D eigenvalue weighted by molar-refractivity contribution is 5.66. The highest BCUT2D eigenvalue weighted by atomic mass is 16.5. The Labute approximate surface area is 84.1 Å². The molecule has 0 aromatic rings. The first-order valence-corrected chi connectivity index (χ1v) is 4.89. The van der Waals surface area contributed by atoms with E-state index in [0.717, 1.165) is 26.3 Å². The molecule has 0 aliphatic carbocycles. The van der Waals surface area contributed by atoms with E-state index in [0.29, 0.717) is 13.1 Å². The second-order valence-corrected chi connectivity index (χ2v) is 3.38. The predicted octanol–water partition coefficient (Wildman–Crippen LogP) is -0.791. The van der Waals surface area contributed by atoms with E-state index in [1.54, 1.807) is 0 Å². The summed E-state index contributed by atoms with van der Waals surface area (Å²) in [5, 5.41) is 0. The molecule has 14 heavy (non-hydrogen) atoms. The molecule has 1 saturated heterocycles. The average Bonchev–Trinajstić information content (AvgIpc) is 2.17. The largest absolute Gasteiger partial charge is 0.460 e. The summed E-state index contributed by atoms with van der Waals surface area (Å²) in [6.07, 6.45) is -0.189. The van der Waals surface area contributed by atoms with E-state index in [1.165, 1.54) is 6.92 Å². The van der Waals surface area contributed by atoms with Gasteiger partial charge in [-0.05, 0) is 0 Å². The van der Waals surface area contributed by atoms with Crippen molar-refractivity contribution in [2.24, 2.45) is 5.73 Å². The van der Waals surface area contributed by atoms with Gasteiger partial charge in [0.15, 0.2) is 0 Å². The van der Waals surface area contributed by atoms with Crippen molar-refractivity contribution in [3.05, 3.63) is 0 Å². The third kappa shape index (κ3) is 4.04. The number of carbonyl (C=O) groups is 1. The molecule has 1 aliphatic heterocycles. The molecular weight excluding hydrogens is 184 g/mol. The summed E-state index contributed by atoms with van der Waals surface area (Å²) in [5.74, 6) is -0.270. The zero-order chi connectivity index (χ0) is 10.4. The fourth-order valence-electron chi connectivity index (χ4n) is 1.47. The maximum absolute atomic E-state index is 10.7. The van der Waals surface area contributed by atoms with Crippen molar-refractivity contribution in [3.8, 4) is 0 Å². The van der Waals surface area contributed by atoms with Crippen molar-refractivity contribution in [2.75, 3.05) is 39.4 Å². The van der Waals surface area contributed by atoms with Crippen molar-refractivity contribution in [1.29, 1.82) is 0 Å². The highest BCUT2D eigenvalue weighted by Gasteiger charge is 2.17. The van der Waals surface area contributed by atoms with Crippen LogP contribution in [0.5, 0.6) is 0 Å². The summed E-state index contributed by atoms with van der Waals surface area (Å²) in [7, 11) is 0. The van der Waals surface area contributed by atoms with Crippen LogP contribution in [-0.4, -0.2) is 56.4 Å². The monoisotopic (exact) mass is 202 g/mol. The van der Waals surface area contributed by atoms with Crippen LogP contribution in [0.1, 0.15) is 6.92 Å². The van der Waals surface area contributed by atoms with Crippen molar-refractivity contribution < 1.29 is 14.3 Å². The van der Waals surface area contributed by atoms with Crippen LogP contribution in [-0.2, 0) is 14.3 Å². The summed E-state index contributed by atoms with van der Waals surface area (Å²) in [6.45, 7) is 5.75. The Morgan fingerprint density at radius 2 is 2.21 bits per heavy atom. The summed E-state index contributed by atoms with van der Waals surface area (Å²) in [4.78, 5) is 12.9. The lowest BCUT2D eigenvalue weighted by molar-refractivity contribution is -0.147. The standard InChI is InChI=1S/C9H18N2O3/c1-8(12)14-9(6-10)7-11-2-4-13-5-3-11/h9H,2-7,10H2,1H3. The lowest BCUT2D eigenvalue weighted by atomic mass is 10.3. The lowest BCUT2D eigenvalue weighted by Crippen LogP contribution is -2.44. The molecule has 0 bridgehead atoms. The molecule has 0 radical (unpaired) electrons. The van der Waals surface area contributed by atoms with Gasteiger partial charge in [-0.1, -0.05) is 0 Å². The first-order valence-electron chi connectivity index (χ1n) is 4.89. The molecule has 0 saturated carbocycles. The van der Waals surface area contributed by atoms with E-state index < -0.39 is 0 Å². The van der Waals surface area contributed by atoms with Gasteiger partial charge in [-0.15, -0.1) is 0 Å². The third-order valence-corrected chi connectivity index (χ3v) is 2.16. The maximum atomic E-state index is 10.7. The Morgan fingerprint density at radius 1 is 1.57 bits per heavy atom. The Bertz CT molecular complexity index is 181. The summed E-state index contributed by atoms with van der Waals surface area (Å²) >= 11 is 0. The normalized spacial score (nSPS) is 20.4. The molecule has 5 nitrogen and oxygen atoms in total. The van der Waals surface area contributed by atoms with Crippen LogP contribution in [0.15, 0.2) is 0 Å². The quantitative estimate of drug-likeness (QED) is 0.605. The fraction of sp³-hybridized carbons (Fsp3) is 0.889. The van der Waals surface area contributed by atoms with E-state index in [-0.39, 0.29) is 12.1 Å². The van der Waals surface area contributed by atoms with Gasteiger partial charge in [0.1, 0.15) is 6.10 Å². The van der Waals surface area contributed by atoms with Gasteiger partial charge >= 0.3 is 5.97 Å². The van der Waals surface area contributed by atoms with Gasteiger partial charge in [-0.2, -0.15) is 0 Å². The zero-order valence-electron chi connectivity index (χ0n) is 8.57. The molecular formula is C9H18N2O3. The molecule has 1 rings (SSSR count). The molecule has 0 aromatic heterocycles. The first-order chi connectivity index (χ1) is 6.72. The topological polar surface area (TPSA) is 64.8 Å². The van der Waals surface area contributed by atoms with Gasteiger partial charge in [0.05, 0.1) is 13.2 Å². The highest BCUT2D eigenvalue weighted by Crippen LogP contribution is 2.00. The van der Waals surface area contributed by atoms with Crippen LogP contribution in [0.25, 0.3) is 0 Å². The van der Waals surface area contributed by atoms with Crippen LogP contribution in [0, 0.1) is 0 Å². The molecule has 5 heteroatoms. The molecule has 1 unspecified atom stereocenters. The van der Waals surface area contributed by atoms with Crippen LogP contribution >= 0.6 is 0 Å². The fourth-order valence-corrected chi connectivity index (χ4v) is 1.47. The molecule has 0 amide bonds. The molecule has 82 valence electrons. The molecule has 0 aromatic carbocycles. The lowest BCUT2D eigenvalue weighted by Gasteiger charge is -2.29. The van der Waals surface area contributed by atoms with Crippen molar-refractivity contribution >= 4 is 5.97 Å². The zero-order valence-corrected chi connectivity index (χ0v) is 8.57. The van der Waals surface area contributed by atoms with Crippen molar-refractivity contribution in [1.82, 2.24) is 4.90 Å². The third-order valence-electron chi connectivity index (χ3n) is 2.16. The Kier molecular flexibility index (Phi) is 4.86. The van der Waals surface area contributed by atoms with Crippen LogP contribution in [0.4, 0.5) is 0 Å². The SMILES string of the molecule is CC(=O)OC(CN)CN1CCOCC1. The first kappa shape index (κ1) is 11.4. The molecule has 1 atom stereocenters. The number of esters is 1. The second kappa shape index (κ2) is 5.95. The summed E-state index contributed by atoms with van der Waals surface area (Å²) < 4.78 is 10.3. The van der Waals surface area contributed by atoms with Gasteiger partial charge in [0.2, 0.25) is 0 Å². The number of morpholine rings is 1. The van der Waals surface area contributed by atoms with Gasteiger partial charge < -0.3 is 15.2 Å². The molecule has 1 aliphatic rings. The number of hydrogen-bond acceptors (Lipinski definition) is 5. The molecule has 1 fully saturated rings. The number of rotatable bonds is 4. The summed E-state index contributed by atoms with van der Waals surface area (Å²) in [5.41, 5.74) is 5.50. The second-order valence-electron chi connectivity index (χ2n) is 3.38. The number of ether oxygens (including phenoxy) is 2. The Balaban J connectivity index is 2.27. The van der Waals surface area contributed by atoms with E-state index >= 15 is 0 Å². The number of nitrogens with zero attached hydrogens (tertiary/aromatic N) is 1. The Hall–Kier alpha value is -0.650. The minimum absolute atomic E-state index is 0.189. The average molecular weight is 202 g/mol. The predicted molar refractivity (Wildman–Crippen MR) is 51.9 cm³/mol. The molecule has 2 N–H and O–H groups in total. The van der Waals surface area contributed by atoms with E-state index in [1.807, 2.05) is 0 Å². The van der Waals surface area contributed by atoms with E-state index in [9.17, 15) is 4.79 Å². The number of nitrogens with two attached hydrogens (primary N) is 1. The summed E-state index contributed by atoms with van der Waals surface area (Å²) in [6, 6.07) is 0. The minimum atomic E-state index is -0.270. The van der Waals surface area contributed by atoms with E-state index in [2.05, 4.69) is 4.90 Å². The smallest absolute Gasteiger partial charge is 0.302 e. The maximum Gasteiger partial charge on any atom is 0.302 e. The van der Waals surface area contributed by atoms with Crippen LogP contribution in [0.3, 0.4) is 0 Å². The van der Waals surface area contributed by atoms with Gasteiger partial charge in [-0.3, -0.25) is 9.69 Å². The Morgan fingerprint density at radius 3 is 2.71 bits per heavy atom. The number of hydrogen-bond donors (Lipinski definition) is 1. The van der Waals surface area contributed by atoms with Crippen molar-refractivity contribution in [2.45, 2.75) is 13.0 Å². The minimum Gasteiger partial charge on any atom is -0.460 e. The van der Waals surface area contributed by atoms with Crippen molar-refractivity contribution in [3.63, 3.8) is 0 Å². The number of carbonyl (C=O) groups excluding carboxylic acids is 1. The van der Waals surface area contributed by atoms with Gasteiger partial charge in [-0.25, -0.2) is 0 Å². The van der Waals surface area contributed by atoms with Crippen LogP contribution in [0.2, 0.25) is 0 Å². The van der Waals surface area contributed by atoms with Gasteiger partial charge in [0, 0.05) is 33.1 Å². The molecule has 1 heterocycles.